The summed E-state index contributed by atoms with van der Waals surface area (Å²) in [4.78, 5) is 13.0. The SMILES string of the molecule is CC1=CC(=C(N=NC2=CCCC(Cl)=C2)c2cccs2)C=C(C)C1=O. The van der Waals surface area contributed by atoms with Gasteiger partial charge in [-0.15, -0.1) is 16.5 Å². The lowest BCUT2D eigenvalue weighted by molar-refractivity contribution is -0.112. The molecule has 2 aliphatic carbocycles. The van der Waals surface area contributed by atoms with Crippen molar-refractivity contribution in [3.63, 3.8) is 0 Å². The zero-order valence-electron chi connectivity index (χ0n) is 13.5. The van der Waals surface area contributed by atoms with E-state index < -0.39 is 0 Å². The first-order chi connectivity index (χ1) is 11.5. The van der Waals surface area contributed by atoms with Crippen LogP contribution in [0.25, 0.3) is 5.70 Å². The van der Waals surface area contributed by atoms with Crippen LogP contribution < -0.4 is 0 Å². The van der Waals surface area contributed by atoms with Gasteiger partial charge < -0.3 is 0 Å². The van der Waals surface area contributed by atoms with Crippen molar-refractivity contribution in [3.8, 4) is 0 Å². The summed E-state index contributed by atoms with van der Waals surface area (Å²) in [6, 6.07) is 3.99. The Balaban J connectivity index is 2.05. The molecule has 0 amide bonds. The van der Waals surface area contributed by atoms with Crippen LogP contribution in [0.2, 0.25) is 0 Å². The number of Topliss-reactive ketones (excluding diaryl/α,β-unsaturated/α-hetero) is 1. The number of azo groups is 1. The fourth-order valence-corrected chi connectivity index (χ4v) is 3.53. The summed E-state index contributed by atoms with van der Waals surface area (Å²) in [7, 11) is 0. The van der Waals surface area contributed by atoms with Gasteiger partial charge in [-0.05, 0) is 67.5 Å². The van der Waals surface area contributed by atoms with Gasteiger partial charge in [0, 0.05) is 10.6 Å². The first kappa shape index (κ1) is 16.8. The molecular weight excluding hydrogens is 340 g/mol. The first-order valence-corrected chi connectivity index (χ1v) is 8.98. The van der Waals surface area contributed by atoms with Gasteiger partial charge in [0.25, 0.3) is 0 Å². The van der Waals surface area contributed by atoms with Gasteiger partial charge in [0.1, 0.15) is 5.70 Å². The first-order valence-electron chi connectivity index (χ1n) is 7.72. The third-order valence-electron chi connectivity index (χ3n) is 3.79. The summed E-state index contributed by atoms with van der Waals surface area (Å²) in [5, 5.41) is 11.7. The molecule has 5 heteroatoms. The van der Waals surface area contributed by atoms with Crippen LogP contribution in [0.1, 0.15) is 31.6 Å². The quantitative estimate of drug-likeness (QED) is 0.595. The summed E-state index contributed by atoms with van der Waals surface area (Å²) in [5.41, 5.74) is 3.88. The molecule has 0 radical (unpaired) electrons. The molecule has 2 aliphatic rings. The maximum Gasteiger partial charge on any atom is 0.184 e. The Morgan fingerprint density at radius 1 is 1.21 bits per heavy atom. The number of carbonyl (C=O) groups excluding carboxylic acids is 1. The lowest BCUT2D eigenvalue weighted by Gasteiger charge is -2.12. The standard InChI is InChI=1S/C19H17ClN2OS/c1-12-9-14(10-13(2)19(12)23)18(17-7-4-8-24-17)22-21-16-6-3-5-15(20)11-16/h4,6-11H,3,5H2,1-2H3. The van der Waals surface area contributed by atoms with E-state index in [0.717, 1.165) is 39.7 Å². The molecule has 0 saturated heterocycles. The van der Waals surface area contributed by atoms with E-state index in [0.29, 0.717) is 11.1 Å². The summed E-state index contributed by atoms with van der Waals surface area (Å²) in [5.74, 6) is 0.0749. The van der Waals surface area contributed by atoms with Crippen LogP contribution in [0.5, 0.6) is 0 Å². The van der Waals surface area contributed by atoms with Gasteiger partial charge in [-0.1, -0.05) is 23.7 Å². The number of thiophene rings is 1. The number of rotatable bonds is 3. The van der Waals surface area contributed by atoms with Crippen LogP contribution in [0.3, 0.4) is 0 Å². The molecule has 0 bridgehead atoms. The Hall–Kier alpha value is -2.04. The van der Waals surface area contributed by atoms with Crippen LogP contribution in [-0.4, -0.2) is 5.78 Å². The lowest BCUT2D eigenvalue weighted by atomic mass is 9.94. The fourth-order valence-electron chi connectivity index (χ4n) is 2.58. The molecule has 0 aliphatic heterocycles. The molecule has 0 spiro atoms. The summed E-state index contributed by atoms with van der Waals surface area (Å²) in [6.45, 7) is 3.66. The second-order valence-corrected chi connectivity index (χ2v) is 7.16. The highest BCUT2D eigenvalue weighted by Crippen LogP contribution is 2.31. The molecule has 3 rings (SSSR count). The van der Waals surface area contributed by atoms with Gasteiger partial charge in [0.2, 0.25) is 0 Å². The van der Waals surface area contributed by atoms with Gasteiger partial charge in [-0.25, -0.2) is 0 Å². The second kappa shape index (κ2) is 7.24. The number of allylic oxidation sites excluding steroid dienone is 8. The number of halogens is 1. The lowest BCUT2D eigenvalue weighted by Crippen LogP contribution is -2.06. The monoisotopic (exact) mass is 356 g/mol. The van der Waals surface area contributed by atoms with Crippen LogP contribution in [-0.2, 0) is 4.79 Å². The number of ketones is 1. The van der Waals surface area contributed by atoms with Crippen molar-refractivity contribution in [1.29, 1.82) is 0 Å². The molecule has 1 heterocycles. The minimum Gasteiger partial charge on any atom is -0.289 e. The molecule has 0 atom stereocenters. The molecule has 0 fully saturated rings. The van der Waals surface area contributed by atoms with Crippen molar-refractivity contribution < 1.29 is 4.79 Å². The Kier molecular flexibility index (Phi) is 5.07. The average Bonchev–Trinajstić information content (AvgIpc) is 3.07. The minimum absolute atomic E-state index is 0.0749. The van der Waals surface area contributed by atoms with E-state index in [4.69, 9.17) is 11.6 Å². The molecule has 122 valence electrons. The highest BCUT2D eigenvalue weighted by molar-refractivity contribution is 7.11. The molecule has 1 aromatic heterocycles. The molecule has 1 aromatic rings. The molecule has 0 N–H and O–H groups in total. The highest BCUT2D eigenvalue weighted by atomic mass is 35.5. The van der Waals surface area contributed by atoms with Gasteiger partial charge in [0.05, 0.1) is 10.6 Å². The Morgan fingerprint density at radius 3 is 2.58 bits per heavy atom. The Bertz CT molecular complexity index is 828. The van der Waals surface area contributed by atoms with Crippen molar-refractivity contribution in [3.05, 3.63) is 74.1 Å². The summed E-state index contributed by atoms with van der Waals surface area (Å²) < 4.78 is 0. The highest BCUT2D eigenvalue weighted by Gasteiger charge is 2.17. The normalized spacial score (nSPS) is 18.3. The molecular formula is C19H17ClN2OS. The molecule has 0 unspecified atom stereocenters. The molecule has 0 aromatic carbocycles. The van der Waals surface area contributed by atoms with Gasteiger partial charge >= 0.3 is 0 Å². The van der Waals surface area contributed by atoms with Crippen LogP contribution >= 0.6 is 22.9 Å². The zero-order valence-corrected chi connectivity index (χ0v) is 15.1. The van der Waals surface area contributed by atoms with Crippen LogP contribution in [0.4, 0.5) is 0 Å². The molecule has 24 heavy (non-hydrogen) atoms. The largest absolute Gasteiger partial charge is 0.289 e. The predicted octanol–water partition coefficient (Wildman–Crippen LogP) is 6.19. The predicted molar refractivity (Wildman–Crippen MR) is 99.9 cm³/mol. The summed E-state index contributed by atoms with van der Waals surface area (Å²) >= 11 is 7.68. The third-order valence-corrected chi connectivity index (χ3v) is 4.97. The van der Waals surface area contributed by atoms with Gasteiger partial charge in [0.15, 0.2) is 5.78 Å². The Morgan fingerprint density at radius 2 is 1.96 bits per heavy atom. The minimum atomic E-state index is 0.0749. The zero-order chi connectivity index (χ0) is 17.1. The van der Waals surface area contributed by atoms with E-state index >= 15 is 0 Å². The number of nitrogens with zero attached hydrogens (tertiary/aromatic N) is 2. The second-order valence-electron chi connectivity index (χ2n) is 5.72. The third kappa shape index (κ3) is 3.71. The van der Waals surface area contributed by atoms with Crippen molar-refractivity contribution in [2.75, 3.05) is 0 Å². The maximum absolute atomic E-state index is 12.0. The van der Waals surface area contributed by atoms with Gasteiger partial charge in [-0.3, -0.25) is 4.79 Å². The van der Waals surface area contributed by atoms with E-state index in [-0.39, 0.29) is 5.78 Å². The van der Waals surface area contributed by atoms with Crippen molar-refractivity contribution in [2.45, 2.75) is 26.7 Å². The number of carbonyl (C=O) groups is 1. The topological polar surface area (TPSA) is 41.8 Å². The number of hydrogen-bond donors (Lipinski definition) is 0. The van der Waals surface area contributed by atoms with Crippen molar-refractivity contribution in [2.24, 2.45) is 10.2 Å². The van der Waals surface area contributed by atoms with E-state index in [2.05, 4.69) is 10.2 Å². The van der Waals surface area contributed by atoms with E-state index in [1.165, 1.54) is 0 Å². The molecule has 3 nitrogen and oxygen atoms in total. The summed E-state index contributed by atoms with van der Waals surface area (Å²) in [6.07, 6.45) is 9.35. The van der Waals surface area contributed by atoms with E-state index in [9.17, 15) is 4.79 Å². The van der Waals surface area contributed by atoms with E-state index in [1.807, 2.05) is 55.7 Å². The molecule has 0 saturated carbocycles. The van der Waals surface area contributed by atoms with Crippen LogP contribution in [0.15, 0.2) is 79.5 Å². The smallest absolute Gasteiger partial charge is 0.184 e. The van der Waals surface area contributed by atoms with E-state index in [1.54, 1.807) is 11.3 Å². The van der Waals surface area contributed by atoms with Crippen molar-refractivity contribution >= 4 is 34.4 Å². The maximum atomic E-state index is 12.0. The van der Waals surface area contributed by atoms with Crippen molar-refractivity contribution in [1.82, 2.24) is 0 Å². The average molecular weight is 357 g/mol. The Labute approximate surface area is 150 Å². The van der Waals surface area contributed by atoms with Crippen LogP contribution in [0, 0.1) is 0 Å². The fraction of sp³-hybridized carbons (Fsp3) is 0.211. The van der Waals surface area contributed by atoms with Gasteiger partial charge in [-0.2, -0.15) is 5.11 Å². The number of hydrogen-bond acceptors (Lipinski definition) is 4.